The van der Waals surface area contributed by atoms with Gasteiger partial charge in [0.2, 0.25) is 5.91 Å². The van der Waals surface area contributed by atoms with E-state index in [9.17, 15) is 4.79 Å². The van der Waals surface area contributed by atoms with Gasteiger partial charge in [0.05, 0.1) is 0 Å². The Hall–Kier alpha value is -1.97. The zero-order chi connectivity index (χ0) is 9.84. The molecule has 0 aliphatic heterocycles. The lowest BCUT2D eigenvalue weighted by Gasteiger charge is -1.97. The molecule has 0 spiro atoms. The van der Waals surface area contributed by atoms with Gasteiger partial charge in [0.25, 0.3) is 0 Å². The van der Waals surface area contributed by atoms with E-state index in [4.69, 9.17) is 15.9 Å². The van der Waals surface area contributed by atoms with Crippen LogP contribution < -0.4 is 5.73 Å². The van der Waals surface area contributed by atoms with Crippen LogP contribution >= 0.6 is 0 Å². The zero-order valence-corrected chi connectivity index (χ0v) is 6.77. The molecule has 13 heavy (non-hydrogen) atoms. The number of primary amides is 1. The van der Waals surface area contributed by atoms with Gasteiger partial charge in [0, 0.05) is 6.08 Å². The van der Waals surface area contributed by atoms with Crippen molar-refractivity contribution in [3.8, 4) is 11.5 Å². The number of benzene rings is 1. The fourth-order valence-corrected chi connectivity index (χ4v) is 0.822. The summed E-state index contributed by atoms with van der Waals surface area (Å²) in [6.07, 6.45) is 2.62. The lowest BCUT2D eigenvalue weighted by Crippen LogP contribution is -2.04. The van der Waals surface area contributed by atoms with Gasteiger partial charge in [-0.1, -0.05) is 6.07 Å². The van der Waals surface area contributed by atoms with Crippen LogP contribution in [0.1, 0.15) is 5.56 Å². The first kappa shape index (κ1) is 9.12. The number of aromatic hydroxyl groups is 2. The third kappa shape index (κ3) is 2.52. The van der Waals surface area contributed by atoms with Gasteiger partial charge in [-0.2, -0.15) is 0 Å². The number of hydrogen-bond donors (Lipinski definition) is 3. The van der Waals surface area contributed by atoms with Gasteiger partial charge in [-0.05, 0) is 23.8 Å². The first-order valence-corrected chi connectivity index (χ1v) is 3.59. The van der Waals surface area contributed by atoms with Crippen molar-refractivity contribution < 1.29 is 15.0 Å². The number of carbonyl (C=O) groups excluding carboxylic acids is 1. The van der Waals surface area contributed by atoms with Crippen LogP contribution in [0.4, 0.5) is 0 Å². The third-order valence-electron chi connectivity index (χ3n) is 1.44. The van der Waals surface area contributed by atoms with Gasteiger partial charge in [-0.3, -0.25) is 4.79 Å². The summed E-state index contributed by atoms with van der Waals surface area (Å²) < 4.78 is 0. The van der Waals surface area contributed by atoms with E-state index in [1.165, 1.54) is 24.3 Å². The normalized spacial score (nSPS) is 10.5. The molecule has 0 aliphatic carbocycles. The number of phenols is 2. The lowest BCUT2D eigenvalue weighted by molar-refractivity contribution is -0.113. The molecule has 0 saturated carbocycles. The minimum atomic E-state index is -0.562. The Kier molecular flexibility index (Phi) is 2.54. The molecule has 4 heteroatoms. The summed E-state index contributed by atoms with van der Waals surface area (Å²) in [5.74, 6) is -0.990. The first-order chi connectivity index (χ1) is 6.09. The maximum absolute atomic E-state index is 10.3. The van der Waals surface area contributed by atoms with Gasteiger partial charge in [-0.15, -0.1) is 0 Å². The van der Waals surface area contributed by atoms with Crippen LogP contribution in [0.2, 0.25) is 0 Å². The average Bonchev–Trinajstić information content (AvgIpc) is 2.07. The monoisotopic (exact) mass is 179 g/mol. The molecule has 1 aromatic rings. The van der Waals surface area contributed by atoms with E-state index in [2.05, 4.69) is 0 Å². The van der Waals surface area contributed by atoms with E-state index in [0.29, 0.717) is 5.56 Å². The minimum Gasteiger partial charge on any atom is -0.504 e. The molecule has 4 nitrogen and oxygen atoms in total. The van der Waals surface area contributed by atoms with Crippen LogP contribution in [0.3, 0.4) is 0 Å². The van der Waals surface area contributed by atoms with E-state index in [1.807, 2.05) is 0 Å². The Morgan fingerprint density at radius 3 is 2.54 bits per heavy atom. The molecule has 1 rings (SSSR count). The van der Waals surface area contributed by atoms with Gasteiger partial charge < -0.3 is 15.9 Å². The van der Waals surface area contributed by atoms with E-state index >= 15 is 0 Å². The second kappa shape index (κ2) is 3.62. The molecule has 0 saturated heterocycles. The highest BCUT2D eigenvalue weighted by molar-refractivity contribution is 5.90. The van der Waals surface area contributed by atoms with Crippen molar-refractivity contribution in [3.05, 3.63) is 29.8 Å². The van der Waals surface area contributed by atoms with E-state index in [-0.39, 0.29) is 11.5 Å². The van der Waals surface area contributed by atoms with Crippen molar-refractivity contribution in [1.82, 2.24) is 0 Å². The number of phenolic OH excluding ortho intramolecular Hbond substituents is 2. The van der Waals surface area contributed by atoms with Crippen molar-refractivity contribution in [3.63, 3.8) is 0 Å². The summed E-state index contributed by atoms with van der Waals surface area (Å²) >= 11 is 0. The summed E-state index contributed by atoms with van der Waals surface area (Å²) in [7, 11) is 0. The van der Waals surface area contributed by atoms with Gasteiger partial charge >= 0.3 is 0 Å². The number of hydrogen-bond acceptors (Lipinski definition) is 3. The predicted octanol–water partition coefficient (Wildman–Crippen LogP) is 0.596. The summed E-state index contributed by atoms with van der Waals surface area (Å²) in [5, 5.41) is 18.0. The maximum atomic E-state index is 10.3. The van der Waals surface area contributed by atoms with E-state index in [0.717, 1.165) is 0 Å². The summed E-state index contributed by atoms with van der Waals surface area (Å²) in [6.45, 7) is 0. The molecule has 1 aromatic carbocycles. The topological polar surface area (TPSA) is 83.6 Å². The molecule has 0 aromatic heterocycles. The SMILES string of the molecule is NC(=O)/C=C/c1ccc(O)c(O)c1. The molecule has 4 N–H and O–H groups in total. The smallest absolute Gasteiger partial charge is 0.241 e. The highest BCUT2D eigenvalue weighted by Gasteiger charge is 1.97. The minimum absolute atomic E-state index is 0.198. The van der Waals surface area contributed by atoms with Crippen LogP contribution in [0.25, 0.3) is 6.08 Å². The lowest BCUT2D eigenvalue weighted by atomic mass is 10.2. The molecular formula is C9H9NO3. The second-order valence-electron chi connectivity index (χ2n) is 2.48. The van der Waals surface area contributed by atoms with Gasteiger partial charge in [0.15, 0.2) is 11.5 Å². The Morgan fingerprint density at radius 1 is 1.31 bits per heavy atom. The highest BCUT2D eigenvalue weighted by Crippen LogP contribution is 2.25. The fraction of sp³-hybridized carbons (Fsp3) is 0. The van der Waals surface area contributed by atoms with Crippen molar-refractivity contribution in [2.24, 2.45) is 5.73 Å². The van der Waals surface area contributed by atoms with E-state index < -0.39 is 5.91 Å². The molecule has 0 fully saturated rings. The molecule has 0 heterocycles. The largest absolute Gasteiger partial charge is 0.504 e. The second-order valence-corrected chi connectivity index (χ2v) is 2.48. The van der Waals surface area contributed by atoms with Crippen molar-refractivity contribution in [1.29, 1.82) is 0 Å². The zero-order valence-electron chi connectivity index (χ0n) is 6.77. The summed E-state index contributed by atoms with van der Waals surface area (Å²) in [4.78, 5) is 10.3. The van der Waals surface area contributed by atoms with Crippen molar-refractivity contribution in [2.75, 3.05) is 0 Å². The highest BCUT2D eigenvalue weighted by atomic mass is 16.3. The Bertz CT molecular complexity index is 358. The Morgan fingerprint density at radius 2 is 2.00 bits per heavy atom. The standard InChI is InChI=1S/C9H9NO3/c10-9(13)4-2-6-1-3-7(11)8(12)5-6/h1-5,11-12H,(H2,10,13)/b4-2+. The number of carbonyl (C=O) groups is 1. The predicted molar refractivity (Wildman–Crippen MR) is 48.0 cm³/mol. The van der Waals surface area contributed by atoms with Crippen molar-refractivity contribution >= 4 is 12.0 Å². The quantitative estimate of drug-likeness (QED) is 0.459. The van der Waals surface area contributed by atoms with Crippen LogP contribution in [-0.2, 0) is 4.79 Å². The molecule has 0 bridgehead atoms. The molecule has 68 valence electrons. The number of nitrogens with two attached hydrogens (primary N) is 1. The maximum Gasteiger partial charge on any atom is 0.241 e. The Balaban J connectivity index is 2.92. The number of rotatable bonds is 2. The van der Waals surface area contributed by atoms with Gasteiger partial charge in [-0.25, -0.2) is 0 Å². The van der Waals surface area contributed by atoms with Crippen LogP contribution in [0.15, 0.2) is 24.3 Å². The van der Waals surface area contributed by atoms with Crippen LogP contribution in [0, 0.1) is 0 Å². The average molecular weight is 179 g/mol. The van der Waals surface area contributed by atoms with Crippen LogP contribution in [-0.4, -0.2) is 16.1 Å². The molecule has 0 aliphatic rings. The number of amides is 1. The first-order valence-electron chi connectivity index (χ1n) is 3.59. The fourth-order valence-electron chi connectivity index (χ4n) is 0.822. The molecular weight excluding hydrogens is 170 g/mol. The molecule has 0 radical (unpaired) electrons. The summed E-state index contributed by atoms with van der Waals surface area (Å²) in [6, 6.07) is 4.21. The summed E-state index contributed by atoms with van der Waals surface area (Å²) in [5.41, 5.74) is 5.46. The van der Waals surface area contributed by atoms with E-state index in [1.54, 1.807) is 6.07 Å². The van der Waals surface area contributed by atoms with Crippen LogP contribution in [0.5, 0.6) is 11.5 Å². The van der Waals surface area contributed by atoms with Crippen molar-refractivity contribution in [2.45, 2.75) is 0 Å². The molecule has 0 unspecified atom stereocenters. The van der Waals surface area contributed by atoms with Gasteiger partial charge in [0.1, 0.15) is 0 Å². The molecule has 0 atom stereocenters. The molecule has 1 amide bonds. The third-order valence-corrected chi connectivity index (χ3v) is 1.44. The Labute approximate surface area is 74.9 Å².